The fourth-order valence-electron chi connectivity index (χ4n) is 5.48. The number of hydrogen-bond donors (Lipinski definition) is 1. The first-order chi connectivity index (χ1) is 18.6. The molecule has 0 atom stereocenters. The summed E-state index contributed by atoms with van der Waals surface area (Å²) in [5.41, 5.74) is -0.818. The van der Waals surface area contributed by atoms with Crippen LogP contribution in [0.15, 0.2) is 36.5 Å². The number of ether oxygens (including phenoxy) is 1. The van der Waals surface area contributed by atoms with Gasteiger partial charge in [-0.05, 0) is 81.0 Å². The number of pyridine rings is 1. The lowest BCUT2D eigenvalue weighted by Gasteiger charge is -2.32. The normalized spacial score (nSPS) is 20.5. The van der Waals surface area contributed by atoms with Crippen molar-refractivity contribution in [1.29, 1.82) is 0 Å². The minimum atomic E-state index is -4.81. The molecule has 1 aromatic heterocycles. The Labute approximate surface area is 226 Å². The number of hydrogen-bond acceptors (Lipinski definition) is 6. The number of alkyl halides is 3. The zero-order valence-corrected chi connectivity index (χ0v) is 22.1. The maximum Gasteiger partial charge on any atom is 0.423 e. The van der Waals surface area contributed by atoms with Crippen molar-refractivity contribution in [3.8, 4) is 5.88 Å². The minimum absolute atomic E-state index is 0.0335. The zero-order chi connectivity index (χ0) is 28.0. The minimum Gasteiger partial charge on any atom is -0.474 e. The molecule has 1 aliphatic heterocycles. The highest BCUT2D eigenvalue weighted by molar-refractivity contribution is 5.75. The van der Waals surface area contributed by atoms with Gasteiger partial charge in [-0.2, -0.15) is 13.2 Å². The summed E-state index contributed by atoms with van der Waals surface area (Å²) in [5, 5.41) is 14.1. The molecule has 1 aliphatic carbocycles. The topological polar surface area (TPSA) is 97.6 Å². The van der Waals surface area contributed by atoms with Crippen LogP contribution in [0.25, 0.3) is 0 Å². The lowest BCUT2D eigenvalue weighted by atomic mass is 9.90. The van der Waals surface area contributed by atoms with Crippen molar-refractivity contribution in [2.24, 2.45) is 5.92 Å². The number of nitro groups is 1. The molecule has 0 spiro atoms. The van der Waals surface area contributed by atoms with Crippen LogP contribution >= 0.6 is 0 Å². The quantitative estimate of drug-likeness (QED) is 0.288. The number of aryl methyl sites for hydroxylation is 1. The third-order valence-corrected chi connectivity index (χ3v) is 7.74. The Morgan fingerprint density at radius 1 is 1.13 bits per heavy atom. The van der Waals surface area contributed by atoms with E-state index in [1.54, 1.807) is 6.20 Å². The number of carbonyl (C=O) groups excluding carboxylic acids is 1. The van der Waals surface area contributed by atoms with Gasteiger partial charge in [-0.15, -0.1) is 0 Å². The Morgan fingerprint density at radius 2 is 1.85 bits per heavy atom. The van der Waals surface area contributed by atoms with Crippen molar-refractivity contribution in [2.75, 3.05) is 18.4 Å². The number of amides is 1. The predicted octanol–water partition coefficient (Wildman–Crippen LogP) is 6.39. The lowest BCUT2D eigenvalue weighted by molar-refractivity contribution is -0.388. The van der Waals surface area contributed by atoms with Crippen molar-refractivity contribution in [3.05, 3.63) is 57.8 Å². The molecule has 1 saturated heterocycles. The molecule has 212 valence electrons. The molecule has 8 nitrogen and oxygen atoms in total. The molecule has 0 bridgehead atoms. The largest absolute Gasteiger partial charge is 0.474 e. The van der Waals surface area contributed by atoms with Gasteiger partial charge in [0.05, 0.1) is 4.92 Å². The van der Waals surface area contributed by atoms with E-state index >= 15 is 0 Å². The molecule has 2 aliphatic rings. The van der Waals surface area contributed by atoms with E-state index in [0.29, 0.717) is 31.1 Å². The van der Waals surface area contributed by atoms with Crippen LogP contribution in [0.4, 0.5) is 24.5 Å². The summed E-state index contributed by atoms with van der Waals surface area (Å²) < 4.78 is 46.0. The zero-order valence-electron chi connectivity index (χ0n) is 22.1. The number of carbonyl (C=O) groups is 1. The summed E-state index contributed by atoms with van der Waals surface area (Å²) in [6.45, 7) is 3.58. The second kappa shape index (κ2) is 12.7. The van der Waals surface area contributed by atoms with Gasteiger partial charge in [-0.3, -0.25) is 14.9 Å². The molecule has 0 radical (unpaired) electrons. The molecular formula is C28H35F3N4O4. The molecule has 2 aromatic rings. The molecule has 2 heterocycles. The Morgan fingerprint density at radius 3 is 2.49 bits per heavy atom. The second-order valence-corrected chi connectivity index (χ2v) is 10.4. The summed E-state index contributed by atoms with van der Waals surface area (Å²) in [5.74, 6) is 1.42. The summed E-state index contributed by atoms with van der Waals surface area (Å²) in [6.07, 6.45) is 4.37. The van der Waals surface area contributed by atoms with Crippen LogP contribution in [-0.4, -0.2) is 45.9 Å². The van der Waals surface area contributed by atoms with Crippen molar-refractivity contribution in [3.63, 3.8) is 0 Å². The first kappa shape index (κ1) is 28.6. The van der Waals surface area contributed by atoms with Crippen LogP contribution in [0, 0.1) is 16.0 Å². The fraction of sp³-hybridized carbons (Fsp3) is 0.571. The smallest absolute Gasteiger partial charge is 0.423 e. The van der Waals surface area contributed by atoms with Gasteiger partial charge < -0.3 is 15.0 Å². The van der Waals surface area contributed by atoms with Gasteiger partial charge in [0.1, 0.15) is 11.7 Å². The maximum absolute atomic E-state index is 13.3. The number of rotatable bonds is 9. The van der Waals surface area contributed by atoms with Crippen molar-refractivity contribution in [1.82, 2.24) is 9.88 Å². The van der Waals surface area contributed by atoms with Crippen LogP contribution in [-0.2, 0) is 17.4 Å². The molecule has 1 saturated carbocycles. The third-order valence-electron chi connectivity index (χ3n) is 7.74. The molecule has 1 aromatic carbocycles. The number of aromatic nitrogens is 1. The Balaban J connectivity index is 1.24. The van der Waals surface area contributed by atoms with Gasteiger partial charge in [0, 0.05) is 49.6 Å². The van der Waals surface area contributed by atoms with Crippen LogP contribution < -0.4 is 10.1 Å². The van der Waals surface area contributed by atoms with Crippen LogP contribution in [0.1, 0.15) is 69.4 Å². The number of nitrogens with one attached hydrogen (secondary N) is 1. The monoisotopic (exact) mass is 548 g/mol. The first-order valence-corrected chi connectivity index (χ1v) is 13.6. The Hall–Kier alpha value is -3.37. The summed E-state index contributed by atoms with van der Waals surface area (Å²) in [7, 11) is 0. The van der Waals surface area contributed by atoms with E-state index in [-0.39, 0.29) is 23.7 Å². The van der Waals surface area contributed by atoms with Gasteiger partial charge in [0.25, 0.3) is 5.69 Å². The molecule has 1 amide bonds. The Kier molecular flexibility index (Phi) is 9.29. The Bertz CT molecular complexity index is 1140. The molecule has 2 fully saturated rings. The number of halogens is 3. The van der Waals surface area contributed by atoms with E-state index in [1.165, 1.54) is 11.6 Å². The van der Waals surface area contributed by atoms with Crippen LogP contribution in [0.2, 0.25) is 0 Å². The molecule has 0 unspecified atom stereocenters. The van der Waals surface area contributed by atoms with Crippen molar-refractivity contribution in [2.45, 2.75) is 83.0 Å². The van der Waals surface area contributed by atoms with E-state index in [9.17, 15) is 28.1 Å². The van der Waals surface area contributed by atoms with Gasteiger partial charge in [0.15, 0.2) is 0 Å². The molecular weight excluding hydrogens is 513 g/mol. The molecule has 39 heavy (non-hydrogen) atoms. The number of likely N-dealkylation sites (tertiary alicyclic amines) is 1. The second-order valence-electron chi connectivity index (χ2n) is 10.4. The predicted molar refractivity (Wildman–Crippen MR) is 141 cm³/mol. The highest BCUT2D eigenvalue weighted by Crippen LogP contribution is 2.38. The van der Waals surface area contributed by atoms with E-state index in [2.05, 4.69) is 10.3 Å². The summed E-state index contributed by atoms with van der Waals surface area (Å²) in [6, 6.07) is 6.96. The number of anilines is 1. The van der Waals surface area contributed by atoms with E-state index in [4.69, 9.17) is 4.74 Å². The van der Waals surface area contributed by atoms with Crippen LogP contribution in [0.3, 0.4) is 0 Å². The SMILES string of the molecule is CCC(=O)N1CCC(CCc2ccnc(O[C@H]3CC[C@H](Nc4ccc([N+](=O)[O-])c(C(F)(F)F)c4)CC3)c2)CC1. The van der Waals surface area contributed by atoms with Crippen molar-refractivity contribution >= 4 is 17.3 Å². The molecule has 11 heteroatoms. The van der Waals surface area contributed by atoms with E-state index < -0.39 is 22.4 Å². The highest BCUT2D eigenvalue weighted by Gasteiger charge is 2.38. The fourth-order valence-corrected chi connectivity index (χ4v) is 5.48. The number of nitrogens with zero attached hydrogens (tertiary/aromatic N) is 3. The number of nitro benzene ring substituents is 1. The lowest BCUT2D eigenvalue weighted by Crippen LogP contribution is -2.38. The average molecular weight is 549 g/mol. The van der Waals surface area contributed by atoms with E-state index in [0.717, 1.165) is 63.7 Å². The number of piperidine rings is 1. The van der Waals surface area contributed by atoms with Crippen molar-refractivity contribution < 1.29 is 27.6 Å². The summed E-state index contributed by atoms with van der Waals surface area (Å²) in [4.78, 5) is 28.2. The third kappa shape index (κ3) is 7.83. The van der Waals surface area contributed by atoms with Gasteiger partial charge in [0.2, 0.25) is 11.8 Å². The maximum atomic E-state index is 13.3. The van der Waals surface area contributed by atoms with Gasteiger partial charge in [-0.25, -0.2) is 4.98 Å². The highest BCUT2D eigenvalue weighted by atomic mass is 19.4. The first-order valence-electron chi connectivity index (χ1n) is 13.6. The van der Waals surface area contributed by atoms with Gasteiger partial charge >= 0.3 is 6.18 Å². The standard InChI is InChI=1S/C28H35F3N4O4/c1-2-27(36)34-15-12-19(13-16-34)3-4-20-11-14-32-26(17-20)39-23-8-5-21(6-9-23)33-22-7-10-25(35(37)38)24(18-22)28(29,30)31/h7,10-11,14,17-19,21,23,33H,2-6,8-9,12-13,15-16H2,1H3/t21-,23-. The molecule has 4 rings (SSSR count). The van der Waals surface area contributed by atoms with Gasteiger partial charge in [-0.1, -0.05) is 6.92 Å². The summed E-state index contributed by atoms with van der Waals surface area (Å²) >= 11 is 0. The average Bonchev–Trinajstić information content (AvgIpc) is 2.92. The van der Waals surface area contributed by atoms with E-state index in [1.807, 2.05) is 24.0 Å². The molecule has 1 N–H and O–H groups in total. The number of benzene rings is 1. The van der Waals surface area contributed by atoms with Crippen LogP contribution in [0.5, 0.6) is 5.88 Å².